The molecule has 0 bridgehead atoms. The Hall–Kier alpha value is -1.84. The molecule has 0 aromatic heterocycles. The third-order valence-electron chi connectivity index (χ3n) is 3.42. The van der Waals surface area contributed by atoms with E-state index in [-0.39, 0.29) is 18.8 Å². The molecule has 1 aromatic rings. The van der Waals surface area contributed by atoms with Gasteiger partial charge in [-0.1, -0.05) is 43.2 Å². The van der Waals surface area contributed by atoms with Crippen LogP contribution in [-0.2, 0) is 9.59 Å². The Morgan fingerprint density at radius 2 is 1.50 bits per heavy atom. The van der Waals surface area contributed by atoms with E-state index in [1.807, 2.05) is 30.3 Å². The van der Waals surface area contributed by atoms with E-state index in [4.69, 9.17) is 10.2 Å². The van der Waals surface area contributed by atoms with Gasteiger partial charge in [-0.2, -0.15) is 0 Å². The Kier molecular flexibility index (Phi) is 7.40. The standard InChI is InChI=1S/C16H22O4/c17-15(18)10-6-2-5-9-14(11-12-16(19)20)13-7-3-1-4-8-13/h1,3-4,7-8,14H,2,5-6,9-12H2,(H,17,18)(H,19,20). The van der Waals surface area contributed by atoms with Crippen molar-refractivity contribution in [2.45, 2.75) is 50.9 Å². The van der Waals surface area contributed by atoms with Crippen LogP contribution in [0.1, 0.15) is 56.4 Å². The quantitative estimate of drug-likeness (QED) is 0.640. The SMILES string of the molecule is O=C(O)CCCCCC(CCC(=O)O)c1ccccc1. The van der Waals surface area contributed by atoms with Crippen LogP contribution in [0, 0.1) is 0 Å². The second-order valence-electron chi connectivity index (χ2n) is 5.03. The van der Waals surface area contributed by atoms with Crippen LogP contribution in [0.15, 0.2) is 30.3 Å². The van der Waals surface area contributed by atoms with Gasteiger partial charge in [-0.3, -0.25) is 9.59 Å². The third kappa shape index (κ3) is 6.92. The number of hydrogen-bond donors (Lipinski definition) is 2. The highest BCUT2D eigenvalue weighted by Crippen LogP contribution is 2.27. The first-order valence-electron chi connectivity index (χ1n) is 7.08. The van der Waals surface area contributed by atoms with Crippen LogP contribution in [0.4, 0.5) is 0 Å². The summed E-state index contributed by atoms with van der Waals surface area (Å²) in [5.74, 6) is -1.27. The van der Waals surface area contributed by atoms with Crippen LogP contribution in [-0.4, -0.2) is 22.2 Å². The van der Waals surface area contributed by atoms with Crippen LogP contribution in [0.25, 0.3) is 0 Å². The average molecular weight is 278 g/mol. The summed E-state index contributed by atoms with van der Waals surface area (Å²) in [5.41, 5.74) is 1.17. The molecule has 1 atom stereocenters. The molecule has 0 amide bonds. The molecular formula is C16H22O4. The normalized spacial score (nSPS) is 12.0. The van der Waals surface area contributed by atoms with Crippen LogP contribution in [0.3, 0.4) is 0 Å². The molecule has 1 aromatic carbocycles. The van der Waals surface area contributed by atoms with E-state index in [1.54, 1.807) is 0 Å². The van der Waals surface area contributed by atoms with Crippen molar-refractivity contribution < 1.29 is 19.8 Å². The second kappa shape index (κ2) is 9.13. The lowest BCUT2D eigenvalue weighted by Gasteiger charge is -2.16. The molecule has 4 heteroatoms. The number of benzene rings is 1. The first kappa shape index (κ1) is 16.2. The van der Waals surface area contributed by atoms with E-state index in [9.17, 15) is 9.59 Å². The predicted octanol–water partition coefficient (Wildman–Crippen LogP) is 3.67. The lowest BCUT2D eigenvalue weighted by Crippen LogP contribution is -2.04. The van der Waals surface area contributed by atoms with Crippen molar-refractivity contribution >= 4 is 11.9 Å². The minimum absolute atomic E-state index is 0.175. The van der Waals surface area contributed by atoms with Crippen molar-refractivity contribution in [1.82, 2.24) is 0 Å². The molecule has 0 aliphatic rings. The smallest absolute Gasteiger partial charge is 0.303 e. The van der Waals surface area contributed by atoms with Crippen molar-refractivity contribution in [3.63, 3.8) is 0 Å². The summed E-state index contributed by atoms with van der Waals surface area (Å²) in [6.07, 6.45) is 4.44. The summed E-state index contributed by atoms with van der Waals surface area (Å²) in [6, 6.07) is 9.94. The molecule has 0 aliphatic heterocycles. The summed E-state index contributed by atoms with van der Waals surface area (Å²) in [5, 5.41) is 17.4. The Bertz CT molecular complexity index is 414. The molecule has 0 radical (unpaired) electrons. The van der Waals surface area contributed by atoms with E-state index in [0.29, 0.717) is 12.8 Å². The Balaban J connectivity index is 2.42. The first-order valence-corrected chi connectivity index (χ1v) is 7.08. The van der Waals surface area contributed by atoms with Gasteiger partial charge in [0.25, 0.3) is 0 Å². The molecule has 1 unspecified atom stereocenters. The number of carboxylic acids is 2. The number of aliphatic carboxylic acids is 2. The van der Waals surface area contributed by atoms with Gasteiger partial charge in [-0.05, 0) is 30.7 Å². The van der Waals surface area contributed by atoms with Crippen molar-refractivity contribution in [3.05, 3.63) is 35.9 Å². The van der Waals surface area contributed by atoms with Crippen molar-refractivity contribution in [3.8, 4) is 0 Å². The Morgan fingerprint density at radius 3 is 2.10 bits per heavy atom. The van der Waals surface area contributed by atoms with Gasteiger partial charge in [0.1, 0.15) is 0 Å². The van der Waals surface area contributed by atoms with Gasteiger partial charge in [0.05, 0.1) is 0 Å². The molecule has 0 fully saturated rings. The number of unbranched alkanes of at least 4 members (excludes halogenated alkanes) is 2. The first-order chi connectivity index (χ1) is 9.59. The van der Waals surface area contributed by atoms with E-state index in [0.717, 1.165) is 19.3 Å². The maximum atomic E-state index is 10.7. The summed E-state index contributed by atoms with van der Waals surface area (Å²) < 4.78 is 0. The monoisotopic (exact) mass is 278 g/mol. The van der Waals surface area contributed by atoms with Crippen LogP contribution in [0.2, 0.25) is 0 Å². The number of hydrogen-bond acceptors (Lipinski definition) is 2. The topological polar surface area (TPSA) is 74.6 Å². The summed E-state index contributed by atoms with van der Waals surface area (Å²) in [6.45, 7) is 0. The van der Waals surface area contributed by atoms with Crippen molar-refractivity contribution in [2.75, 3.05) is 0 Å². The minimum atomic E-state index is -0.767. The van der Waals surface area contributed by atoms with Gasteiger partial charge in [0, 0.05) is 12.8 Å². The highest BCUT2D eigenvalue weighted by Gasteiger charge is 2.13. The zero-order valence-corrected chi connectivity index (χ0v) is 11.6. The molecular weight excluding hydrogens is 256 g/mol. The summed E-state index contributed by atoms with van der Waals surface area (Å²) in [4.78, 5) is 21.2. The number of rotatable bonds is 10. The molecule has 0 spiro atoms. The van der Waals surface area contributed by atoms with Gasteiger partial charge < -0.3 is 10.2 Å². The molecule has 0 saturated heterocycles. The molecule has 4 nitrogen and oxygen atoms in total. The molecule has 1 rings (SSSR count). The highest BCUT2D eigenvalue weighted by molar-refractivity contribution is 5.67. The highest BCUT2D eigenvalue weighted by atomic mass is 16.4. The fourth-order valence-corrected chi connectivity index (χ4v) is 2.34. The van der Waals surface area contributed by atoms with Crippen molar-refractivity contribution in [1.29, 1.82) is 0 Å². The summed E-state index contributed by atoms with van der Waals surface area (Å²) >= 11 is 0. The van der Waals surface area contributed by atoms with E-state index < -0.39 is 11.9 Å². The van der Waals surface area contributed by atoms with E-state index in [1.165, 1.54) is 5.56 Å². The largest absolute Gasteiger partial charge is 0.481 e. The van der Waals surface area contributed by atoms with Crippen molar-refractivity contribution in [2.24, 2.45) is 0 Å². The predicted molar refractivity (Wildman–Crippen MR) is 76.8 cm³/mol. The maximum Gasteiger partial charge on any atom is 0.303 e. The van der Waals surface area contributed by atoms with Crippen LogP contribution >= 0.6 is 0 Å². The molecule has 0 aliphatic carbocycles. The van der Waals surface area contributed by atoms with Gasteiger partial charge in [0.2, 0.25) is 0 Å². The van der Waals surface area contributed by atoms with Gasteiger partial charge in [0.15, 0.2) is 0 Å². The zero-order valence-electron chi connectivity index (χ0n) is 11.6. The molecule has 2 N–H and O–H groups in total. The lowest BCUT2D eigenvalue weighted by molar-refractivity contribution is -0.138. The van der Waals surface area contributed by atoms with Gasteiger partial charge in [-0.25, -0.2) is 0 Å². The zero-order chi connectivity index (χ0) is 14.8. The fourth-order valence-electron chi connectivity index (χ4n) is 2.34. The van der Waals surface area contributed by atoms with E-state index in [2.05, 4.69) is 0 Å². The average Bonchev–Trinajstić information content (AvgIpc) is 2.42. The fraction of sp³-hybridized carbons (Fsp3) is 0.500. The molecule has 0 heterocycles. The molecule has 0 saturated carbocycles. The summed E-state index contributed by atoms with van der Waals surface area (Å²) in [7, 11) is 0. The van der Waals surface area contributed by atoms with Gasteiger partial charge in [-0.15, -0.1) is 0 Å². The lowest BCUT2D eigenvalue weighted by atomic mass is 9.89. The van der Waals surface area contributed by atoms with E-state index >= 15 is 0 Å². The minimum Gasteiger partial charge on any atom is -0.481 e. The van der Waals surface area contributed by atoms with Crippen LogP contribution < -0.4 is 0 Å². The number of carbonyl (C=O) groups is 2. The second-order valence-corrected chi connectivity index (χ2v) is 5.03. The molecule has 110 valence electrons. The number of carboxylic acid groups (broad SMARTS) is 2. The van der Waals surface area contributed by atoms with Crippen LogP contribution in [0.5, 0.6) is 0 Å². The Labute approximate surface area is 119 Å². The maximum absolute atomic E-state index is 10.7. The Morgan fingerprint density at radius 1 is 0.850 bits per heavy atom. The molecule has 20 heavy (non-hydrogen) atoms. The third-order valence-corrected chi connectivity index (χ3v) is 3.42. The van der Waals surface area contributed by atoms with Gasteiger partial charge >= 0.3 is 11.9 Å².